The molecule has 0 amide bonds. The molecule has 0 aliphatic heterocycles. The van der Waals surface area contributed by atoms with Gasteiger partial charge >= 0.3 is 0 Å². The van der Waals surface area contributed by atoms with Crippen LogP contribution in [0.1, 0.15) is 32.8 Å². The second-order valence-corrected chi connectivity index (χ2v) is 4.72. The molecule has 0 bridgehead atoms. The molecule has 0 fully saturated rings. The van der Waals surface area contributed by atoms with Crippen molar-refractivity contribution in [2.75, 3.05) is 0 Å². The molecule has 16 heavy (non-hydrogen) atoms. The molecule has 0 aliphatic rings. The summed E-state index contributed by atoms with van der Waals surface area (Å²) in [6, 6.07) is 8.49. The number of benzene rings is 1. The number of rotatable bonds is 3. The molecule has 1 aromatic carbocycles. The third-order valence-corrected chi connectivity index (χ3v) is 3.29. The Bertz CT molecular complexity index is 455. The first kappa shape index (κ1) is 10.9. The molecule has 0 aliphatic carbocycles. The van der Waals surface area contributed by atoms with Crippen molar-refractivity contribution in [2.24, 2.45) is 0 Å². The van der Waals surface area contributed by atoms with Gasteiger partial charge in [0.2, 0.25) is 0 Å². The van der Waals surface area contributed by atoms with Crippen LogP contribution in [0.2, 0.25) is 0 Å². The minimum absolute atomic E-state index is 0.184. The van der Waals surface area contributed by atoms with E-state index in [0.29, 0.717) is 0 Å². The van der Waals surface area contributed by atoms with Crippen LogP contribution in [0.3, 0.4) is 0 Å². The molecule has 1 aromatic heterocycles. The SMILES string of the molecule is CCC(C)(C)c1ccccc1-c1ncc[nH]1. The highest BCUT2D eigenvalue weighted by Crippen LogP contribution is 2.33. The van der Waals surface area contributed by atoms with Crippen molar-refractivity contribution in [1.82, 2.24) is 9.97 Å². The Hall–Kier alpha value is -1.57. The molecule has 0 saturated carbocycles. The average molecular weight is 214 g/mol. The number of nitrogens with zero attached hydrogens (tertiary/aromatic N) is 1. The van der Waals surface area contributed by atoms with Crippen LogP contribution < -0.4 is 0 Å². The minimum atomic E-state index is 0.184. The van der Waals surface area contributed by atoms with Crippen LogP contribution in [0.15, 0.2) is 36.7 Å². The lowest BCUT2D eigenvalue weighted by Gasteiger charge is -2.25. The van der Waals surface area contributed by atoms with Crippen molar-refractivity contribution in [1.29, 1.82) is 0 Å². The summed E-state index contributed by atoms with van der Waals surface area (Å²) in [4.78, 5) is 7.52. The summed E-state index contributed by atoms with van der Waals surface area (Å²) in [6.45, 7) is 6.77. The Labute approximate surface area is 96.7 Å². The van der Waals surface area contributed by atoms with Crippen molar-refractivity contribution in [3.63, 3.8) is 0 Å². The quantitative estimate of drug-likeness (QED) is 0.828. The van der Waals surface area contributed by atoms with Gasteiger partial charge in [0.15, 0.2) is 0 Å². The van der Waals surface area contributed by atoms with Crippen molar-refractivity contribution < 1.29 is 0 Å². The third-order valence-electron chi connectivity index (χ3n) is 3.29. The summed E-state index contributed by atoms with van der Waals surface area (Å²) in [5, 5.41) is 0. The molecule has 0 radical (unpaired) electrons. The van der Waals surface area contributed by atoms with Crippen molar-refractivity contribution in [3.8, 4) is 11.4 Å². The molecular weight excluding hydrogens is 196 g/mol. The largest absolute Gasteiger partial charge is 0.345 e. The normalized spacial score (nSPS) is 11.7. The monoisotopic (exact) mass is 214 g/mol. The van der Waals surface area contributed by atoms with Crippen LogP contribution in [0.4, 0.5) is 0 Å². The standard InChI is InChI=1S/C14H18N2/c1-4-14(2,3)12-8-6-5-7-11(12)13-15-9-10-16-13/h5-10H,4H2,1-3H3,(H,15,16). The highest BCUT2D eigenvalue weighted by molar-refractivity contribution is 5.62. The summed E-state index contributed by atoms with van der Waals surface area (Å²) in [5.41, 5.74) is 2.75. The van der Waals surface area contributed by atoms with Crippen LogP contribution in [0, 0.1) is 0 Å². The number of hydrogen-bond acceptors (Lipinski definition) is 1. The molecular formula is C14H18N2. The fourth-order valence-electron chi connectivity index (χ4n) is 1.88. The zero-order valence-corrected chi connectivity index (χ0v) is 10.1. The predicted octanol–water partition coefficient (Wildman–Crippen LogP) is 3.76. The molecule has 0 spiro atoms. The molecule has 2 rings (SSSR count). The van der Waals surface area contributed by atoms with Gasteiger partial charge in [0, 0.05) is 18.0 Å². The summed E-state index contributed by atoms with van der Waals surface area (Å²) in [7, 11) is 0. The second kappa shape index (κ2) is 4.12. The Morgan fingerprint density at radius 2 is 2.00 bits per heavy atom. The van der Waals surface area contributed by atoms with Gasteiger partial charge in [0.1, 0.15) is 5.82 Å². The number of aromatic nitrogens is 2. The fourth-order valence-corrected chi connectivity index (χ4v) is 1.88. The summed E-state index contributed by atoms with van der Waals surface area (Å²) in [5.74, 6) is 0.956. The summed E-state index contributed by atoms with van der Waals surface area (Å²) >= 11 is 0. The van der Waals surface area contributed by atoms with Gasteiger partial charge in [-0.15, -0.1) is 0 Å². The van der Waals surface area contributed by atoms with E-state index in [-0.39, 0.29) is 5.41 Å². The number of H-pyrrole nitrogens is 1. The van der Waals surface area contributed by atoms with E-state index >= 15 is 0 Å². The Morgan fingerprint density at radius 1 is 1.25 bits per heavy atom. The summed E-state index contributed by atoms with van der Waals surface area (Å²) in [6.07, 6.45) is 4.78. The van der Waals surface area contributed by atoms with Crippen molar-refractivity contribution in [2.45, 2.75) is 32.6 Å². The number of hydrogen-bond donors (Lipinski definition) is 1. The van der Waals surface area contributed by atoms with Gasteiger partial charge in [-0.25, -0.2) is 4.98 Å². The van der Waals surface area contributed by atoms with Crippen LogP contribution in [-0.2, 0) is 5.41 Å². The zero-order valence-electron chi connectivity index (χ0n) is 10.1. The van der Waals surface area contributed by atoms with Crippen LogP contribution in [0.25, 0.3) is 11.4 Å². The van der Waals surface area contributed by atoms with E-state index < -0.39 is 0 Å². The molecule has 2 nitrogen and oxygen atoms in total. The highest BCUT2D eigenvalue weighted by Gasteiger charge is 2.22. The van der Waals surface area contributed by atoms with Crippen LogP contribution in [0.5, 0.6) is 0 Å². The second-order valence-electron chi connectivity index (χ2n) is 4.72. The topological polar surface area (TPSA) is 28.7 Å². The lowest BCUT2D eigenvalue weighted by atomic mass is 9.79. The van der Waals surface area contributed by atoms with Gasteiger partial charge in [-0.2, -0.15) is 0 Å². The van der Waals surface area contributed by atoms with E-state index in [2.05, 4.69) is 55.0 Å². The maximum atomic E-state index is 4.34. The van der Waals surface area contributed by atoms with Gasteiger partial charge in [-0.1, -0.05) is 45.0 Å². The number of nitrogens with one attached hydrogen (secondary N) is 1. The van der Waals surface area contributed by atoms with Gasteiger partial charge < -0.3 is 4.98 Å². The first-order chi connectivity index (χ1) is 7.65. The Morgan fingerprint density at radius 3 is 2.62 bits per heavy atom. The smallest absolute Gasteiger partial charge is 0.137 e. The van der Waals surface area contributed by atoms with Gasteiger partial charge in [-0.3, -0.25) is 0 Å². The predicted molar refractivity (Wildman–Crippen MR) is 67.3 cm³/mol. The summed E-state index contributed by atoms with van der Waals surface area (Å²) < 4.78 is 0. The van der Waals surface area contributed by atoms with Gasteiger partial charge in [0.05, 0.1) is 0 Å². The van der Waals surface area contributed by atoms with Crippen LogP contribution >= 0.6 is 0 Å². The van der Waals surface area contributed by atoms with Crippen molar-refractivity contribution >= 4 is 0 Å². The zero-order chi connectivity index (χ0) is 11.6. The van der Waals surface area contributed by atoms with Crippen LogP contribution in [-0.4, -0.2) is 9.97 Å². The van der Waals surface area contributed by atoms with E-state index in [0.717, 1.165) is 12.2 Å². The molecule has 2 heteroatoms. The lowest BCUT2D eigenvalue weighted by molar-refractivity contribution is 0.507. The lowest BCUT2D eigenvalue weighted by Crippen LogP contribution is -2.16. The van der Waals surface area contributed by atoms with Gasteiger partial charge in [0.25, 0.3) is 0 Å². The molecule has 0 atom stereocenters. The molecule has 84 valence electrons. The molecule has 1 heterocycles. The molecule has 2 aromatic rings. The first-order valence-corrected chi connectivity index (χ1v) is 5.74. The highest BCUT2D eigenvalue weighted by atomic mass is 14.9. The number of aromatic amines is 1. The maximum absolute atomic E-state index is 4.34. The van der Waals surface area contributed by atoms with E-state index in [1.165, 1.54) is 11.1 Å². The Balaban J connectivity index is 2.55. The minimum Gasteiger partial charge on any atom is -0.345 e. The van der Waals surface area contributed by atoms with E-state index in [1.54, 1.807) is 6.20 Å². The first-order valence-electron chi connectivity index (χ1n) is 5.74. The molecule has 0 saturated heterocycles. The number of imidazole rings is 1. The molecule has 0 unspecified atom stereocenters. The molecule has 1 N–H and O–H groups in total. The Kier molecular flexibility index (Phi) is 2.82. The van der Waals surface area contributed by atoms with E-state index in [1.807, 2.05) is 6.20 Å². The van der Waals surface area contributed by atoms with Gasteiger partial charge in [-0.05, 0) is 17.4 Å². The average Bonchev–Trinajstić information content (AvgIpc) is 2.82. The van der Waals surface area contributed by atoms with E-state index in [9.17, 15) is 0 Å². The third kappa shape index (κ3) is 1.87. The van der Waals surface area contributed by atoms with E-state index in [4.69, 9.17) is 0 Å². The van der Waals surface area contributed by atoms with Crippen molar-refractivity contribution in [3.05, 3.63) is 42.2 Å². The maximum Gasteiger partial charge on any atom is 0.137 e. The fraction of sp³-hybridized carbons (Fsp3) is 0.357.